The monoisotopic (exact) mass is 304 g/mol. The van der Waals surface area contributed by atoms with Crippen molar-refractivity contribution in [3.63, 3.8) is 0 Å². The van der Waals surface area contributed by atoms with E-state index in [1.807, 2.05) is 0 Å². The number of aliphatic hydroxyl groups is 1. The average molecular weight is 304 g/mol. The first-order valence-corrected chi connectivity index (χ1v) is 9.43. The Labute approximate surface area is 134 Å². The first-order valence-electron chi connectivity index (χ1n) is 9.43. The van der Waals surface area contributed by atoms with E-state index in [2.05, 4.69) is 18.9 Å². The lowest BCUT2D eigenvalue weighted by Gasteiger charge is -2.60. The molecule has 4 saturated carbocycles. The predicted octanol–water partition coefficient (Wildman–Crippen LogP) is 3.70. The lowest BCUT2D eigenvalue weighted by Crippen LogP contribution is -2.54. The summed E-state index contributed by atoms with van der Waals surface area (Å²) in [5.41, 5.74) is 1.95. The highest BCUT2D eigenvalue weighted by molar-refractivity contribution is 5.85. The van der Waals surface area contributed by atoms with Crippen LogP contribution in [-0.2, 0) is 0 Å². The molecular weight excluding hydrogens is 272 g/mol. The second-order valence-corrected chi connectivity index (χ2v) is 9.19. The Balaban J connectivity index is 1.62. The number of hydrazone groups is 1. The Hall–Kier alpha value is -0.570. The smallest absolute Gasteiger partial charge is 0.0596 e. The van der Waals surface area contributed by atoms with Gasteiger partial charge in [0.1, 0.15) is 0 Å². The number of rotatable bonds is 0. The molecule has 3 N–H and O–H groups in total. The minimum Gasteiger partial charge on any atom is -0.393 e. The van der Waals surface area contributed by atoms with Crippen LogP contribution in [0.5, 0.6) is 0 Å². The molecule has 0 radical (unpaired) electrons. The van der Waals surface area contributed by atoms with Crippen molar-refractivity contribution >= 4 is 5.71 Å². The van der Waals surface area contributed by atoms with E-state index in [-0.39, 0.29) is 11.5 Å². The molecule has 0 heterocycles. The van der Waals surface area contributed by atoms with Crippen molar-refractivity contribution in [1.29, 1.82) is 0 Å². The first kappa shape index (κ1) is 15.0. The van der Waals surface area contributed by atoms with Crippen LogP contribution in [0.25, 0.3) is 0 Å². The van der Waals surface area contributed by atoms with Crippen molar-refractivity contribution < 1.29 is 5.11 Å². The van der Waals surface area contributed by atoms with Gasteiger partial charge in [0, 0.05) is 5.71 Å². The van der Waals surface area contributed by atoms with Gasteiger partial charge in [0.25, 0.3) is 0 Å². The fourth-order valence-electron chi connectivity index (χ4n) is 7.15. The third kappa shape index (κ3) is 1.87. The van der Waals surface area contributed by atoms with Gasteiger partial charge in [0.05, 0.1) is 6.10 Å². The fourth-order valence-corrected chi connectivity index (χ4v) is 7.15. The first-order chi connectivity index (χ1) is 10.5. The van der Waals surface area contributed by atoms with Gasteiger partial charge >= 0.3 is 0 Å². The van der Waals surface area contributed by atoms with Crippen LogP contribution in [0.3, 0.4) is 0 Å². The Kier molecular flexibility index (Phi) is 3.38. The van der Waals surface area contributed by atoms with Crippen LogP contribution in [0.15, 0.2) is 5.10 Å². The maximum Gasteiger partial charge on any atom is 0.0596 e. The molecule has 0 aliphatic heterocycles. The molecule has 0 aromatic carbocycles. The highest BCUT2D eigenvalue weighted by Gasteiger charge is 2.59. The van der Waals surface area contributed by atoms with E-state index in [1.165, 1.54) is 44.2 Å². The van der Waals surface area contributed by atoms with Crippen LogP contribution in [-0.4, -0.2) is 16.9 Å². The minimum absolute atomic E-state index is 0.0497. The van der Waals surface area contributed by atoms with E-state index in [0.29, 0.717) is 5.41 Å². The zero-order valence-corrected chi connectivity index (χ0v) is 14.2. The number of nitrogens with zero attached hydrogens (tertiary/aromatic N) is 1. The minimum atomic E-state index is -0.0497. The van der Waals surface area contributed by atoms with E-state index in [1.54, 1.807) is 0 Å². The van der Waals surface area contributed by atoms with E-state index >= 15 is 0 Å². The number of aliphatic hydroxyl groups excluding tert-OH is 1. The molecule has 0 unspecified atom stereocenters. The Morgan fingerprint density at radius 3 is 2.55 bits per heavy atom. The molecular formula is C19H32N2O. The summed E-state index contributed by atoms with van der Waals surface area (Å²) in [5.74, 6) is 8.85. The van der Waals surface area contributed by atoms with Crippen LogP contribution < -0.4 is 5.84 Å². The van der Waals surface area contributed by atoms with E-state index < -0.39 is 0 Å². The van der Waals surface area contributed by atoms with Gasteiger partial charge in [0.2, 0.25) is 0 Å². The summed E-state index contributed by atoms with van der Waals surface area (Å²) in [5, 5.41) is 14.5. The van der Waals surface area contributed by atoms with Crippen molar-refractivity contribution in [3.8, 4) is 0 Å². The third-order valence-electron chi connectivity index (χ3n) is 8.63. The zero-order valence-electron chi connectivity index (χ0n) is 14.2. The van der Waals surface area contributed by atoms with Crippen molar-refractivity contribution in [2.45, 2.75) is 77.7 Å². The molecule has 7 atom stereocenters. The second-order valence-electron chi connectivity index (χ2n) is 9.19. The van der Waals surface area contributed by atoms with Gasteiger partial charge < -0.3 is 10.9 Å². The van der Waals surface area contributed by atoms with Gasteiger partial charge in [-0.15, -0.1) is 0 Å². The summed E-state index contributed by atoms with van der Waals surface area (Å²) < 4.78 is 0. The van der Waals surface area contributed by atoms with Gasteiger partial charge in [-0.25, -0.2) is 0 Å². The lowest BCUT2D eigenvalue weighted by atomic mass is 9.45. The van der Waals surface area contributed by atoms with Crippen molar-refractivity contribution in [1.82, 2.24) is 0 Å². The van der Waals surface area contributed by atoms with E-state index in [0.717, 1.165) is 42.9 Å². The normalized spacial score (nSPS) is 56.3. The Morgan fingerprint density at radius 1 is 1.00 bits per heavy atom. The molecule has 3 heteroatoms. The topological polar surface area (TPSA) is 58.6 Å². The summed E-state index contributed by atoms with van der Waals surface area (Å²) in [6, 6.07) is 0. The fraction of sp³-hybridized carbons (Fsp3) is 0.947. The molecule has 4 fully saturated rings. The lowest BCUT2D eigenvalue weighted by molar-refractivity contribution is -0.112. The standard InChI is InChI=1S/C19H32N2O/c1-18-9-7-13(21-20)11-12(18)3-4-14-15-5-6-17(22)19(15,2)10-8-16(14)18/h12,14-17,22H,3-11,20H2,1-2H3/b21-13-/t12-,14+,15+,16+,17-,18-,19-/m0/s1. The maximum absolute atomic E-state index is 10.5. The number of nitrogens with two attached hydrogens (primary N) is 1. The zero-order chi connectivity index (χ0) is 15.5. The molecule has 0 aromatic heterocycles. The molecule has 0 aromatic rings. The van der Waals surface area contributed by atoms with Crippen LogP contribution in [0.4, 0.5) is 0 Å². The van der Waals surface area contributed by atoms with Crippen LogP contribution in [0.2, 0.25) is 0 Å². The molecule has 0 spiro atoms. The molecule has 4 aliphatic carbocycles. The third-order valence-corrected chi connectivity index (χ3v) is 8.63. The van der Waals surface area contributed by atoms with Gasteiger partial charge in [-0.3, -0.25) is 0 Å². The number of hydrogen-bond acceptors (Lipinski definition) is 3. The number of fused-ring (bicyclic) bond motifs is 5. The van der Waals surface area contributed by atoms with E-state index in [4.69, 9.17) is 5.84 Å². The average Bonchev–Trinajstić information content (AvgIpc) is 2.82. The second kappa shape index (κ2) is 4.96. The number of hydrogen-bond donors (Lipinski definition) is 2. The van der Waals surface area contributed by atoms with Crippen molar-refractivity contribution in [3.05, 3.63) is 0 Å². The molecule has 22 heavy (non-hydrogen) atoms. The molecule has 124 valence electrons. The maximum atomic E-state index is 10.5. The molecule has 3 nitrogen and oxygen atoms in total. The molecule has 0 saturated heterocycles. The SMILES string of the molecule is C[C@]12CC/C(=N/N)C[C@@H]1CC[C@H]1[C@H]2CC[C@@]2(C)[C@@H]1CC[C@@H]2O. The molecule has 0 bridgehead atoms. The van der Waals surface area contributed by atoms with E-state index in [9.17, 15) is 5.11 Å². The summed E-state index contributed by atoms with van der Waals surface area (Å²) >= 11 is 0. The van der Waals surface area contributed by atoms with Crippen LogP contribution in [0, 0.1) is 34.5 Å². The van der Waals surface area contributed by atoms with Gasteiger partial charge in [-0.05, 0) is 92.3 Å². The highest BCUT2D eigenvalue weighted by Crippen LogP contribution is 2.65. The van der Waals surface area contributed by atoms with Gasteiger partial charge in [-0.2, -0.15) is 5.10 Å². The van der Waals surface area contributed by atoms with Crippen molar-refractivity contribution in [2.75, 3.05) is 0 Å². The van der Waals surface area contributed by atoms with Crippen LogP contribution in [0.1, 0.15) is 71.6 Å². The molecule has 0 amide bonds. The predicted molar refractivity (Wildman–Crippen MR) is 89.4 cm³/mol. The Morgan fingerprint density at radius 2 is 1.77 bits per heavy atom. The summed E-state index contributed by atoms with van der Waals surface area (Å²) in [6.07, 6.45) is 11.1. The summed E-state index contributed by atoms with van der Waals surface area (Å²) in [6.45, 7) is 4.94. The largest absolute Gasteiger partial charge is 0.393 e. The Bertz CT molecular complexity index is 490. The summed E-state index contributed by atoms with van der Waals surface area (Å²) in [7, 11) is 0. The molecule has 4 aliphatic rings. The van der Waals surface area contributed by atoms with Gasteiger partial charge in [0.15, 0.2) is 0 Å². The molecule has 4 rings (SSSR count). The van der Waals surface area contributed by atoms with Gasteiger partial charge in [-0.1, -0.05) is 13.8 Å². The summed E-state index contributed by atoms with van der Waals surface area (Å²) in [4.78, 5) is 0. The quantitative estimate of drug-likeness (QED) is 0.529. The highest BCUT2D eigenvalue weighted by atomic mass is 16.3. The van der Waals surface area contributed by atoms with Crippen LogP contribution >= 0.6 is 0 Å². The van der Waals surface area contributed by atoms with Crippen molar-refractivity contribution in [2.24, 2.45) is 45.4 Å².